The lowest BCUT2D eigenvalue weighted by Crippen LogP contribution is -2.45. The second kappa shape index (κ2) is 6.26. The van der Waals surface area contributed by atoms with Gasteiger partial charge in [-0.3, -0.25) is 4.79 Å². The normalized spacial score (nSPS) is 12.2. The van der Waals surface area contributed by atoms with E-state index < -0.39 is 15.4 Å². The van der Waals surface area contributed by atoms with Crippen molar-refractivity contribution in [1.82, 2.24) is 5.32 Å². The largest absolute Gasteiger partial charge is 0.399 e. The molecule has 0 aliphatic rings. The maximum atomic E-state index is 11.9. The molecular formula is C14H22N2O3S. The van der Waals surface area contributed by atoms with Crippen molar-refractivity contribution in [3.05, 3.63) is 29.8 Å². The van der Waals surface area contributed by atoms with Crippen LogP contribution in [0.25, 0.3) is 0 Å². The van der Waals surface area contributed by atoms with E-state index in [4.69, 9.17) is 5.73 Å². The Morgan fingerprint density at radius 1 is 1.25 bits per heavy atom. The minimum atomic E-state index is -3.02. The van der Waals surface area contributed by atoms with E-state index in [1.807, 2.05) is 13.8 Å². The summed E-state index contributed by atoms with van der Waals surface area (Å²) in [5.74, 6) is -0.0735. The molecule has 0 bridgehead atoms. The highest BCUT2D eigenvalue weighted by atomic mass is 32.2. The summed E-state index contributed by atoms with van der Waals surface area (Å²) < 4.78 is 22.3. The number of amides is 1. The summed E-state index contributed by atoms with van der Waals surface area (Å²) in [4.78, 5) is 11.9. The van der Waals surface area contributed by atoms with Gasteiger partial charge in [-0.25, -0.2) is 8.42 Å². The molecule has 0 radical (unpaired) electrons. The van der Waals surface area contributed by atoms with Crippen molar-refractivity contribution in [3.8, 4) is 0 Å². The summed E-state index contributed by atoms with van der Waals surface area (Å²) >= 11 is 0. The highest BCUT2D eigenvalue weighted by Crippen LogP contribution is 2.11. The lowest BCUT2D eigenvalue weighted by Gasteiger charge is -2.26. The number of hydrogen-bond donors (Lipinski definition) is 2. The average molecular weight is 298 g/mol. The number of nitrogen functional groups attached to an aromatic ring is 1. The Morgan fingerprint density at radius 3 is 2.30 bits per heavy atom. The Labute approximate surface area is 120 Å². The Bertz CT molecular complexity index is 563. The minimum Gasteiger partial charge on any atom is -0.399 e. The van der Waals surface area contributed by atoms with Crippen LogP contribution in [0.4, 0.5) is 5.69 Å². The fraction of sp³-hybridized carbons (Fsp3) is 0.500. The van der Waals surface area contributed by atoms with Gasteiger partial charge in [0.05, 0.1) is 12.2 Å². The molecule has 1 amide bonds. The van der Waals surface area contributed by atoms with Crippen molar-refractivity contribution in [3.63, 3.8) is 0 Å². The number of rotatable bonds is 6. The fourth-order valence-corrected chi connectivity index (χ4v) is 2.63. The zero-order valence-electron chi connectivity index (χ0n) is 12.1. The van der Waals surface area contributed by atoms with Crippen LogP contribution in [0.15, 0.2) is 24.3 Å². The first-order valence-electron chi connectivity index (χ1n) is 6.41. The molecule has 20 heavy (non-hydrogen) atoms. The Balaban J connectivity index is 2.54. The second-order valence-electron chi connectivity index (χ2n) is 5.73. The zero-order chi connectivity index (χ0) is 15.4. The van der Waals surface area contributed by atoms with Crippen LogP contribution in [0.1, 0.15) is 25.8 Å². The van der Waals surface area contributed by atoms with Crippen LogP contribution in [0.3, 0.4) is 0 Å². The Morgan fingerprint density at radius 2 is 1.80 bits per heavy atom. The lowest BCUT2D eigenvalue weighted by molar-refractivity contribution is -0.122. The van der Waals surface area contributed by atoms with Gasteiger partial charge in [0, 0.05) is 17.5 Å². The van der Waals surface area contributed by atoms with Gasteiger partial charge in [0.15, 0.2) is 0 Å². The highest BCUT2D eigenvalue weighted by Gasteiger charge is 2.22. The number of hydrogen-bond acceptors (Lipinski definition) is 4. The predicted molar refractivity (Wildman–Crippen MR) is 81.1 cm³/mol. The zero-order valence-corrected chi connectivity index (χ0v) is 13.0. The van der Waals surface area contributed by atoms with Crippen LogP contribution >= 0.6 is 0 Å². The first-order valence-corrected chi connectivity index (χ1v) is 8.47. The van der Waals surface area contributed by atoms with E-state index >= 15 is 0 Å². The van der Waals surface area contributed by atoms with Crippen molar-refractivity contribution in [1.29, 1.82) is 0 Å². The molecule has 6 heteroatoms. The van der Waals surface area contributed by atoms with Gasteiger partial charge < -0.3 is 11.1 Å². The lowest BCUT2D eigenvalue weighted by atomic mass is 10.0. The van der Waals surface area contributed by atoms with E-state index in [0.29, 0.717) is 12.1 Å². The maximum Gasteiger partial charge on any atom is 0.224 e. The summed E-state index contributed by atoms with van der Waals surface area (Å²) in [6.07, 6.45) is 1.83. The third-order valence-corrected chi connectivity index (χ3v) is 3.87. The fourth-order valence-electron chi connectivity index (χ4n) is 1.75. The third-order valence-electron chi connectivity index (χ3n) is 2.92. The van der Waals surface area contributed by atoms with E-state index in [-0.39, 0.29) is 18.1 Å². The van der Waals surface area contributed by atoms with Crippen molar-refractivity contribution in [2.75, 3.05) is 17.7 Å². The summed E-state index contributed by atoms with van der Waals surface area (Å²) in [5.41, 5.74) is 6.56. The molecule has 0 heterocycles. The van der Waals surface area contributed by atoms with E-state index in [9.17, 15) is 13.2 Å². The summed E-state index contributed by atoms with van der Waals surface area (Å²) in [6, 6.07) is 7.10. The molecule has 0 aliphatic carbocycles. The smallest absolute Gasteiger partial charge is 0.224 e. The highest BCUT2D eigenvalue weighted by molar-refractivity contribution is 7.90. The topological polar surface area (TPSA) is 89.3 Å². The minimum absolute atomic E-state index is 0.0577. The Kier molecular flexibility index (Phi) is 5.16. The van der Waals surface area contributed by atoms with Gasteiger partial charge in [-0.05, 0) is 38.0 Å². The number of anilines is 1. The van der Waals surface area contributed by atoms with Crippen molar-refractivity contribution < 1.29 is 13.2 Å². The van der Waals surface area contributed by atoms with Gasteiger partial charge in [0.25, 0.3) is 0 Å². The molecule has 0 saturated carbocycles. The van der Waals surface area contributed by atoms with E-state index in [1.165, 1.54) is 6.26 Å². The summed E-state index contributed by atoms with van der Waals surface area (Å²) in [7, 11) is -3.02. The molecule has 3 N–H and O–H groups in total. The number of carbonyl (C=O) groups excluding carboxylic acids is 1. The molecule has 1 aromatic carbocycles. The Hall–Kier alpha value is -1.56. The second-order valence-corrected chi connectivity index (χ2v) is 7.99. The van der Waals surface area contributed by atoms with Gasteiger partial charge in [-0.2, -0.15) is 0 Å². The molecule has 0 spiro atoms. The van der Waals surface area contributed by atoms with Crippen LogP contribution in [0.5, 0.6) is 0 Å². The molecule has 112 valence electrons. The molecular weight excluding hydrogens is 276 g/mol. The number of nitrogens with two attached hydrogens (primary N) is 1. The molecule has 0 atom stereocenters. The van der Waals surface area contributed by atoms with Gasteiger partial charge in [-0.1, -0.05) is 12.1 Å². The first-order chi connectivity index (χ1) is 9.07. The number of benzene rings is 1. The maximum absolute atomic E-state index is 11.9. The standard InChI is InChI=1S/C14H22N2O3S/c1-14(2,8-9-20(3,18)19)16-13(17)10-11-4-6-12(15)7-5-11/h4-7H,8-10,15H2,1-3H3,(H,16,17). The van der Waals surface area contributed by atoms with E-state index in [0.717, 1.165) is 5.56 Å². The van der Waals surface area contributed by atoms with Gasteiger partial charge >= 0.3 is 0 Å². The van der Waals surface area contributed by atoms with Crippen LogP contribution < -0.4 is 11.1 Å². The molecule has 0 unspecified atom stereocenters. The summed E-state index contributed by atoms with van der Waals surface area (Å²) in [6.45, 7) is 3.64. The molecule has 5 nitrogen and oxygen atoms in total. The number of sulfone groups is 1. The van der Waals surface area contributed by atoms with E-state index in [2.05, 4.69) is 5.32 Å². The molecule has 0 fully saturated rings. The quantitative estimate of drug-likeness (QED) is 0.771. The summed E-state index contributed by atoms with van der Waals surface area (Å²) in [5, 5.41) is 2.86. The van der Waals surface area contributed by atoms with Crippen LogP contribution in [-0.4, -0.2) is 31.9 Å². The molecule has 0 aromatic heterocycles. The van der Waals surface area contributed by atoms with Crippen LogP contribution in [0, 0.1) is 0 Å². The van der Waals surface area contributed by atoms with Crippen LogP contribution in [0.2, 0.25) is 0 Å². The number of nitrogens with one attached hydrogen (secondary N) is 1. The SMILES string of the molecule is CC(C)(CCS(C)(=O)=O)NC(=O)Cc1ccc(N)cc1. The third kappa shape index (κ3) is 6.56. The van der Waals surface area contributed by atoms with Gasteiger partial charge in [-0.15, -0.1) is 0 Å². The van der Waals surface area contributed by atoms with Gasteiger partial charge in [0.2, 0.25) is 5.91 Å². The molecule has 1 rings (SSSR count). The van der Waals surface area contributed by atoms with Crippen molar-refractivity contribution in [2.45, 2.75) is 32.2 Å². The van der Waals surface area contributed by atoms with Crippen molar-refractivity contribution >= 4 is 21.4 Å². The van der Waals surface area contributed by atoms with Crippen LogP contribution in [-0.2, 0) is 21.1 Å². The monoisotopic (exact) mass is 298 g/mol. The molecule has 0 aliphatic heterocycles. The molecule has 1 aromatic rings. The van der Waals surface area contributed by atoms with E-state index in [1.54, 1.807) is 24.3 Å². The molecule has 0 saturated heterocycles. The van der Waals surface area contributed by atoms with Gasteiger partial charge in [0.1, 0.15) is 9.84 Å². The first kappa shape index (κ1) is 16.5. The van der Waals surface area contributed by atoms with Crippen molar-refractivity contribution in [2.24, 2.45) is 0 Å². The average Bonchev–Trinajstić information content (AvgIpc) is 2.28. The predicted octanol–water partition coefficient (Wildman–Crippen LogP) is 1.14. The number of carbonyl (C=O) groups is 1.